The minimum Gasteiger partial charge on any atom is -0.481 e. The van der Waals surface area contributed by atoms with Crippen LogP contribution >= 0.6 is 0 Å². The topological polar surface area (TPSA) is 130 Å². The standard InChI is InChI=1S/C11H20N2O5/c1-2-7(12)6-9(14)13-8(11(17)18)4-3-5-10(15)16/h7-8H,2-6,12H2,1H3,(H,13,14)(H,15,16)(H,17,18)/t7?,8-/m1/s1. The van der Waals surface area contributed by atoms with Crippen molar-refractivity contribution >= 4 is 17.8 Å². The number of hydrogen-bond donors (Lipinski definition) is 4. The number of rotatable bonds is 9. The van der Waals surface area contributed by atoms with Crippen molar-refractivity contribution in [3.63, 3.8) is 0 Å². The van der Waals surface area contributed by atoms with E-state index in [1.165, 1.54) is 0 Å². The first kappa shape index (κ1) is 16.4. The van der Waals surface area contributed by atoms with Gasteiger partial charge in [0.2, 0.25) is 5.91 Å². The number of carboxylic acid groups (broad SMARTS) is 2. The SMILES string of the molecule is CCC(N)CC(=O)N[C@H](CCCC(=O)O)C(=O)O. The monoisotopic (exact) mass is 260 g/mol. The molecule has 0 rings (SSSR count). The first-order valence-electron chi connectivity index (χ1n) is 5.86. The Kier molecular flexibility index (Phi) is 7.69. The first-order valence-corrected chi connectivity index (χ1v) is 5.86. The Morgan fingerprint density at radius 3 is 2.33 bits per heavy atom. The van der Waals surface area contributed by atoms with Gasteiger partial charge in [0.25, 0.3) is 0 Å². The zero-order valence-corrected chi connectivity index (χ0v) is 10.4. The molecule has 0 saturated carbocycles. The Labute approximate surface area is 105 Å². The summed E-state index contributed by atoms with van der Waals surface area (Å²) in [6.45, 7) is 1.83. The fraction of sp³-hybridized carbons (Fsp3) is 0.727. The third-order valence-corrected chi connectivity index (χ3v) is 2.49. The van der Waals surface area contributed by atoms with Gasteiger partial charge in [0.15, 0.2) is 0 Å². The van der Waals surface area contributed by atoms with Crippen LogP contribution in [-0.2, 0) is 14.4 Å². The molecule has 1 amide bonds. The number of carbonyl (C=O) groups is 3. The molecule has 2 atom stereocenters. The summed E-state index contributed by atoms with van der Waals surface area (Å²) in [6, 6.07) is -1.35. The molecule has 0 aliphatic heterocycles. The fourth-order valence-corrected chi connectivity index (χ4v) is 1.35. The Balaban J connectivity index is 4.14. The van der Waals surface area contributed by atoms with Crippen molar-refractivity contribution in [2.24, 2.45) is 5.73 Å². The van der Waals surface area contributed by atoms with Crippen LogP contribution in [0.15, 0.2) is 0 Å². The third-order valence-electron chi connectivity index (χ3n) is 2.49. The zero-order valence-electron chi connectivity index (χ0n) is 10.4. The average Bonchev–Trinajstić information content (AvgIpc) is 2.26. The zero-order chi connectivity index (χ0) is 14.1. The maximum Gasteiger partial charge on any atom is 0.326 e. The molecular formula is C11H20N2O5. The van der Waals surface area contributed by atoms with E-state index in [1.807, 2.05) is 6.92 Å². The highest BCUT2D eigenvalue weighted by Crippen LogP contribution is 2.03. The lowest BCUT2D eigenvalue weighted by Gasteiger charge is -2.15. The van der Waals surface area contributed by atoms with Gasteiger partial charge in [-0.15, -0.1) is 0 Å². The van der Waals surface area contributed by atoms with E-state index in [9.17, 15) is 14.4 Å². The van der Waals surface area contributed by atoms with E-state index < -0.39 is 23.9 Å². The van der Waals surface area contributed by atoms with Crippen LogP contribution in [-0.4, -0.2) is 40.1 Å². The summed E-state index contributed by atoms with van der Waals surface area (Å²) in [7, 11) is 0. The summed E-state index contributed by atoms with van der Waals surface area (Å²) in [5, 5.41) is 19.7. The van der Waals surface area contributed by atoms with Crippen molar-refractivity contribution in [1.29, 1.82) is 0 Å². The van der Waals surface area contributed by atoms with Gasteiger partial charge in [0.05, 0.1) is 0 Å². The molecule has 0 saturated heterocycles. The maximum atomic E-state index is 11.5. The Bertz CT molecular complexity index is 306. The highest BCUT2D eigenvalue weighted by Gasteiger charge is 2.20. The Morgan fingerprint density at radius 1 is 1.28 bits per heavy atom. The number of nitrogens with one attached hydrogen (secondary N) is 1. The van der Waals surface area contributed by atoms with Crippen LogP contribution in [0.3, 0.4) is 0 Å². The highest BCUT2D eigenvalue weighted by atomic mass is 16.4. The average molecular weight is 260 g/mol. The quantitative estimate of drug-likeness (QED) is 0.459. The molecule has 104 valence electrons. The van der Waals surface area contributed by atoms with Gasteiger partial charge in [-0.2, -0.15) is 0 Å². The maximum absolute atomic E-state index is 11.5. The van der Waals surface area contributed by atoms with Crippen LogP contribution in [0.2, 0.25) is 0 Å². The molecule has 0 aromatic heterocycles. The first-order chi connectivity index (χ1) is 8.36. The van der Waals surface area contributed by atoms with E-state index in [0.29, 0.717) is 6.42 Å². The summed E-state index contributed by atoms with van der Waals surface area (Å²) >= 11 is 0. The largest absolute Gasteiger partial charge is 0.481 e. The fourth-order valence-electron chi connectivity index (χ4n) is 1.35. The minimum atomic E-state index is -1.17. The molecule has 0 aliphatic rings. The van der Waals surface area contributed by atoms with Crippen LogP contribution in [0.25, 0.3) is 0 Å². The van der Waals surface area contributed by atoms with Gasteiger partial charge in [-0.3, -0.25) is 9.59 Å². The van der Waals surface area contributed by atoms with Gasteiger partial charge in [0.1, 0.15) is 6.04 Å². The summed E-state index contributed by atoms with van der Waals surface area (Å²) in [6.07, 6.45) is 0.874. The summed E-state index contributed by atoms with van der Waals surface area (Å²) in [5.74, 6) is -2.58. The molecule has 0 spiro atoms. The van der Waals surface area contributed by atoms with Crippen molar-refractivity contribution in [1.82, 2.24) is 5.32 Å². The second kappa shape index (κ2) is 8.46. The van der Waals surface area contributed by atoms with Crippen molar-refractivity contribution in [2.75, 3.05) is 0 Å². The molecule has 7 nitrogen and oxygen atoms in total. The molecular weight excluding hydrogens is 240 g/mol. The number of hydrogen-bond acceptors (Lipinski definition) is 4. The predicted octanol–water partition coefficient (Wildman–Crippen LogP) is -0.0619. The van der Waals surface area contributed by atoms with Crippen LogP contribution in [0.5, 0.6) is 0 Å². The smallest absolute Gasteiger partial charge is 0.326 e. The van der Waals surface area contributed by atoms with E-state index >= 15 is 0 Å². The van der Waals surface area contributed by atoms with Gasteiger partial charge in [-0.25, -0.2) is 4.79 Å². The third kappa shape index (κ3) is 7.61. The molecule has 0 aromatic rings. The molecule has 1 unspecified atom stereocenters. The normalized spacial score (nSPS) is 13.7. The number of carboxylic acids is 2. The van der Waals surface area contributed by atoms with Gasteiger partial charge in [-0.05, 0) is 19.3 Å². The van der Waals surface area contributed by atoms with Gasteiger partial charge >= 0.3 is 11.9 Å². The van der Waals surface area contributed by atoms with E-state index in [0.717, 1.165) is 0 Å². The number of aliphatic carboxylic acids is 2. The van der Waals surface area contributed by atoms with Crippen molar-refractivity contribution in [3.8, 4) is 0 Å². The van der Waals surface area contributed by atoms with E-state index in [-0.39, 0.29) is 31.7 Å². The Morgan fingerprint density at radius 2 is 1.89 bits per heavy atom. The van der Waals surface area contributed by atoms with Crippen molar-refractivity contribution in [3.05, 3.63) is 0 Å². The second-order valence-corrected chi connectivity index (χ2v) is 4.12. The van der Waals surface area contributed by atoms with Gasteiger partial charge in [0, 0.05) is 18.9 Å². The molecule has 0 radical (unpaired) electrons. The lowest BCUT2D eigenvalue weighted by Crippen LogP contribution is -2.42. The van der Waals surface area contributed by atoms with Crippen LogP contribution in [0.4, 0.5) is 0 Å². The molecule has 0 aliphatic carbocycles. The lowest BCUT2D eigenvalue weighted by atomic mass is 10.1. The van der Waals surface area contributed by atoms with Gasteiger partial charge in [-0.1, -0.05) is 6.92 Å². The molecule has 7 heteroatoms. The Hall–Kier alpha value is -1.63. The molecule has 0 aromatic carbocycles. The van der Waals surface area contributed by atoms with Gasteiger partial charge < -0.3 is 21.3 Å². The van der Waals surface area contributed by atoms with Crippen molar-refractivity contribution < 1.29 is 24.6 Å². The minimum absolute atomic E-state index is 0.0687. The van der Waals surface area contributed by atoms with Crippen molar-refractivity contribution in [2.45, 2.75) is 51.1 Å². The number of carbonyl (C=O) groups excluding carboxylic acids is 1. The highest BCUT2D eigenvalue weighted by molar-refractivity contribution is 5.83. The number of nitrogens with two attached hydrogens (primary N) is 1. The van der Waals surface area contributed by atoms with E-state index in [2.05, 4.69) is 5.32 Å². The molecule has 0 bridgehead atoms. The van der Waals surface area contributed by atoms with E-state index in [4.69, 9.17) is 15.9 Å². The molecule has 5 N–H and O–H groups in total. The number of amides is 1. The van der Waals surface area contributed by atoms with Crippen LogP contribution in [0.1, 0.15) is 39.0 Å². The predicted molar refractivity (Wildman–Crippen MR) is 63.9 cm³/mol. The summed E-state index contributed by atoms with van der Waals surface area (Å²) in [5.41, 5.74) is 5.58. The molecule has 0 heterocycles. The summed E-state index contributed by atoms with van der Waals surface area (Å²) < 4.78 is 0. The lowest BCUT2D eigenvalue weighted by molar-refractivity contribution is -0.142. The van der Waals surface area contributed by atoms with E-state index in [1.54, 1.807) is 0 Å². The van der Waals surface area contributed by atoms with Crippen LogP contribution < -0.4 is 11.1 Å². The second-order valence-electron chi connectivity index (χ2n) is 4.12. The van der Waals surface area contributed by atoms with Crippen LogP contribution in [0, 0.1) is 0 Å². The molecule has 18 heavy (non-hydrogen) atoms. The summed E-state index contributed by atoms with van der Waals surface area (Å²) in [4.78, 5) is 32.6. The molecule has 0 fully saturated rings.